The minimum atomic E-state index is -0.216. The highest BCUT2D eigenvalue weighted by Gasteiger charge is 2.16. The largest absolute Gasteiger partial charge is 0.496 e. The molecule has 106 valence electrons. The average Bonchev–Trinajstić information content (AvgIpc) is 2.42. The molecule has 1 atom stereocenters. The van der Waals surface area contributed by atoms with Gasteiger partial charge >= 0.3 is 0 Å². The van der Waals surface area contributed by atoms with Gasteiger partial charge < -0.3 is 15.2 Å². The van der Waals surface area contributed by atoms with Gasteiger partial charge in [0.1, 0.15) is 17.2 Å². The fraction of sp³-hybridized carbons (Fsp3) is 0.200. The number of halogens is 2. The summed E-state index contributed by atoms with van der Waals surface area (Å²) in [5.41, 5.74) is 6.82. The molecule has 0 unspecified atom stereocenters. The van der Waals surface area contributed by atoms with Crippen molar-refractivity contribution in [2.45, 2.75) is 13.0 Å². The van der Waals surface area contributed by atoms with Crippen molar-refractivity contribution < 1.29 is 9.47 Å². The molecule has 20 heavy (non-hydrogen) atoms. The van der Waals surface area contributed by atoms with E-state index in [-0.39, 0.29) is 6.04 Å². The van der Waals surface area contributed by atoms with E-state index >= 15 is 0 Å². The molecule has 0 aromatic heterocycles. The minimum Gasteiger partial charge on any atom is -0.496 e. The molecule has 0 radical (unpaired) electrons. The van der Waals surface area contributed by atoms with E-state index in [0.29, 0.717) is 22.3 Å². The van der Waals surface area contributed by atoms with E-state index in [0.717, 1.165) is 10.0 Å². The summed E-state index contributed by atoms with van der Waals surface area (Å²) in [6.07, 6.45) is 0. The van der Waals surface area contributed by atoms with Crippen molar-refractivity contribution >= 4 is 27.5 Å². The quantitative estimate of drug-likeness (QED) is 0.845. The fourth-order valence-corrected chi connectivity index (χ4v) is 2.41. The van der Waals surface area contributed by atoms with Crippen molar-refractivity contribution in [2.24, 2.45) is 5.73 Å². The van der Waals surface area contributed by atoms with Crippen LogP contribution in [0.4, 0.5) is 0 Å². The van der Waals surface area contributed by atoms with E-state index in [1.54, 1.807) is 13.2 Å². The topological polar surface area (TPSA) is 44.5 Å². The van der Waals surface area contributed by atoms with Gasteiger partial charge in [0, 0.05) is 10.5 Å². The summed E-state index contributed by atoms with van der Waals surface area (Å²) in [6, 6.07) is 10.8. The molecule has 0 fully saturated rings. The van der Waals surface area contributed by atoms with Crippen molar-refractivity contribution in [1.82, 2.24) is 0 Å². The van der Waals surface area contributed by atoms with E-state index in [2.05, 4.69) is 15.9 Å². The Labute approximate surface area is 131 Å². The lowest BCUT2D eigenvalue weighted by Gasteiger charge is -2.17. The van der Waals surface area contributed by atoms with Gasteiger partial charge in [-0.1, -0.05) is 33.6 Å². The van der Waals surface area contributed by atoms with Crippen LogP contribution in [-0.2, 0) is 0 Å². The molecular formula is C15H15BrClNO2. The first-order chi connectivity index (χ1) is 9.52. The second-order valence-electron chi connectivity index (χ2n) is 4.34. The minimum absolute atomic E-state index is 0.216. The summed E-state index contributed by atoms with van der Waals surface area (Å²) in [5, 5.41) is 0.534. The second kappa shape index (κ2) is 6.48. The van der Waals surface area contributed by atoms with E-state index < -0.39 is 0 Å². The van der Waals surface area contributed by atoms with Crippen LogP contribution < -0.4 is 15.2 Å². The molecule has 0 amide bonds. The van der Waals surface area contributed by atoms with Crippen molar-refractivity contribution in [3.05, 3.63) is 51.5 Å². The Morgan fingerprint density at radius 1 is 1.15 bits per heavy atom. The monoisotopic (exact) mass is 355 g/mol. The Hall–Kier alpha value is -1.23. The maximum atomic E-state index is 6.14. The molecule has 0 aliphatic carbocycles. The third kappa shape index (κ3) is 3.26. The Morgan fingerprint density at radius 3 is 2.50 bits per heavy atom. The SMILES string of the molecule is COc1cccc(Oc2cc(Br)ccc2Cl)c1[C@H](C)N. The predicted molar refractivity (Wildman–Crippen MR) is 84.8 cm³/mol. The highest BCUT2D eigenvalue weighted by Crippen LogP contribution is 2.38. The zero-order valence-electron chi connectivity index (χ0n) is 11.2. The van der Waals surface area contributed by atoms with Crippen molar-refractivity contribution in [2.75, 3.05) is 7.11 Å². The maximum absolute atomic E-state index is 6.14. The molecule has 5 heteroatoms. The first kappa shape index (κ1) is 15.2. The van der Waals surface area contributed by atoms with Crippen LogP contribution in [-0.4, -0.2) is 7.11 Å². The van der Waals surface area contributed by atoms with Crippen LogP contribution in [0.1, 0.15) is 18.5 Å². The van der Waals surface area contributed by atoms with E-state index in [1.807, 2.05) is 37.3 Å². The van der Waals surface area contributed by atoms with Gasteiger partial charge in [0.25, 0.3) is 0 Å². The summed E-state index contributed by atoms with van der Waals surface area (Å²) < 4.78 is 12.1. The van der Waals surface area contributed by atoms with Gasteiger partial charge in [-0.05, 0) is 37.3 Å². The molecule has 0 spiro atoms. The third-order valence-electron chi connectivity index (χ3n) is 2.81. The number of benzene rings is 2. The Kier molecular flexibility index (Phi) is 4.91. The van der Waals surface area contributed by atoms with Crippen LogP contribution in [0.25, 0.3) is 0 Å². The first-order valence-corrected chi connectivity index (χ1v) is 7.25. The van der Waals surface area contributed by atoms with Gasteiger partial charge in [-0.25, -0.2) is 0 Å². The molecule has 0 saturated carbocycles. The van der Waals surface area contributed by atoms with Gasteiger partial charge in [-0.15, -0.1) is 0 Å². The highest BCUT2D eigenvalue weighted by atomic mass is 79.9. The lowest BCUT2D eigenvalue weighted by molar-refractivity contribution is 0.397. The zero-order valence-corrected chi connectivity index (χ0v) is 13.5. The van der Waals surface area contributed by atoms with Gasteiger partial charge in [0.15, 0.2) is 0 Å². The second-order valence-corrected chi connectivity index (χ2v) is 5.66. The van der Waals surface area contributed by atoms with Crippen LogP contribution in [0.2, 0.25) is 5.02 Å². The van der Waals surface area contributed by atoms with Crippen LogP contribution in [0.3, 0.4) is 0 Å². The van der Waals surface area contributed by atoms with Crippen LogP contribution in [0.5, 0.6) is 17.2 Å². The first-order valence-electron chi connectivity index (χ1n) is 6.08. The van der Waals surface area contributed by atoms with Crippen molar-refractivity contribution in [3.63, 3.8) is 0 Å². The lowest BCUT2D eigenvalue weighted by Crippen LogP contribution is -2.08. The number of hydrogen-bond donors (Lipinski definition) is 1. The van der Waals surface area contributed by atoms with Crippen LogP contribution >= 0.6 is 27.5 Å². The number of methoxy groups -OCH3 is 1. The Morgan fingerprint density at radius 2 is 1.85 bits per heavy atom. The summed E-state index contributed by atoms with van der Waals surface area (Å²) in [6.45, 7) is 1.88. The molecule has 0 bridgehead atoms. The van der Waals surface area contributed by atoms with Gasteiger partial charge in [0.05, 0.1) is 17.7 Å². The smallest absolute Gasteiger partial charge is 0.147 e. The normalized spacial score (nSPS) is 12.1. The number of ether oxygens (including phenoxy) is 2. The molecule has 0 aliphatic rings. The number of rotatable bonds is 4. The Balaban J connectivity index is 2.45. The number of nitrogens with two attached hydrogens (primary N) is 1. The maximum Gasteiger partial charge on any atom is 0.147 e. The Bertz CT molecular complexity index is 617. The highest BCUT2D eigenvalue weighted by molar-refractivity contribution is 9.10. The molecule has 3 nitrogen and oxygen atoms in total. The van der Waals surface area contributed by atoms with E-state index in [4.69, 9.17) is 26.8 Å². The van der Waals surface area contributed by atoms with E-state index in [1.165, 1.54) is 0 Å². The summed E-state index contributed by atoms with van der Waals surface area (Å²) in [7, 11) is 1.61. The number of hydrogen-bond acceptors (Lipinski definition) is 3. The fourth-order valence-electron chi connectivity index (χ4n) is 1.91. The molecule has 0 heterocycles. The van der Waals surface area contributed by atoms with Crippen molar-refractivity contribution in [1.29, 1.82) is 0 Å². The van der Waals surface area contributed by atoms with Gasteiger partial charge in [-0.2, -0.15) is 0 Å². The van der Waals surface area contributed by atoms with Crippen molar-refractivity contribution in [3.8, 4) is 17.2 Å². The summed E-state index contributed by atoms with van der Waals surface area (Å²) in [5.74, 6) is 1.90. The standard InChI is InChI=1S/C15H15BrClNO2/c1-9(18)15-12(19-2)4-3-5-13(15)20-14-8-10(16)6-7-11(14)17/h3-9H,18H2,1-2H3/t9-/m0/s1. The van der Waals surface area contributed by atoms with Crippen LogP contribution in [0, 0.1) is 0 Å². The van der Waals surface area contributed by atoms with Gasteiger partial charge in [0.2, 0.25) is 0 Å². The molecule has 2 aromatic carbocycles. The average molecular weight is 357 g/mol. The van der Waals surface area contributed by atoms with Gasteiger partial charge in [-0.3, -0.25) is 0 Å². The zero-order chi connectivity index (χ0) is 14.7. The third-order valence-corrected chi connectivity index (χ3v) is 3.62. The lowest BCUT2D eigenvalue weighted by atomic mass is 10.1. The molecule has 0 aliphatic heterocycles. The summed E-state index contributed by atoms with van der Waals surface area (Å²) >= 11 is 9.54. The summed E-state index contributed by atoms with van der Waals surface area (Å²) in [4.78, 5) is 0. The molecule has 2 N–H and O–H groups in total. The van der Waals surface area contributed by atoms with E-state index in [9.17, 15) is 0 Å². The predicted octanol–water partition coefficient (Wildman–Crippen LogP) is 4.92. The molecule has 2 rings (SSSR count). The molecular weight excluding hydrogens is 342 g/mol. The van der Waals surface area contributed by atoms with Crippen LogP contribution in [0.15, 0.2) is 40.9 Å². The molecule has 0 saturated heterocycles. The molecule has 2 aromatic rings.